The molecule has 9 nitrogen and oxygen atoms in total. The maximum absolute atomic E-state index is 10.7. The summed E-state index contributed by atoms with van der Waals surface area (Å²) >= 11 is 0. The molecule has 56 heavy (non-hydrogen) atoms. The number of rotatable bonds is 18. The first-order valence-corrected chi connectivity index (χ1v) is 19.3. The number of carbonyl (C=O) groups excluding carboxylic acids is 1. The molecule has 1 aliphatic carbocycles. The van der Waals surface area contributed by atoms with E-state index in [1.807, 2.05) is 32.1 Å². The summed E-state index contributed by atoms with van der Waals surface area (Å²) in [5.41, 5.74) is 12.6. The number of carbonyl (C=O) groups is 3. The molecule has 2 rings (SSSR count). The number of carboxylic acid groups (broad SMARTS) is 2. The quantitative estimate of drug-likeness (QED) is 0.0426. The van der Waals surface area contributed by atoms with Crippen molar-refractivity contribution in [1.82, 2.24) is 5.32 Å². The van der Waals surface area contributed by atoms with Crippen LogP contribution in [-0.4, -0.2) is 65.6 Å². The van der Waals surface area contributed by atoms with Crippen molar-refractivity contribution in [3.8, 4) is 0 Å². The zero-order valence-corrected chi connectivity index (χ0v) is 36.0. The van der Waals surface area contributed by atoms with Crippen LogP contribution in [0.5, 0.6) is 0 Å². The van der Waals surface area contributed by atoms with E-state index in [0.717, 1.165) is 68.2 Å². The van der Waals surface area contributed by atoms with Crippen molar-refractivity contribution in [1.29, 1.82) is 0 Å². The van der Waals surface area contributed by atoms with Gasteiger partial charge in [0.1, 0.15) is 12.0 Å². The number of hydrogen-bond donors (Lipinski definition) is 5. The van der Waals surface area contributed by atoms with Gasteiger partial charge in [-0.25, -0.2) is 9.59 Å². The number of ketones is 1. The molecule has 1 aromatic rings. The van der Waals surface area contributed by atoms with Gasteiger partial charge in [-0.2, -0.15) is 0 Å². The standard InChI is InChI=1S/C13H16O2.C11H19NO.C11H17NO.C8H17N.C4H6O2/c1-10(2)5-3-6-11-7-4-8-12(9-11)13(14)15;1-8(2)9-4-6-10(7-5-9)11(13)12-3;1-5-6-9(2)10(3)7-12-8-11(4)13;1-6(2)8(4)7(3)5-9;1-3(2)4(5)6/h4,7-9H,1,3,5-6H2,2H3,(H,14,15);9-11,13H,1,3-7H2,2H3;5-6,12H,2-3,7-8H2,1,4H3;6-7H,4-5,9H2,1-3H3;1H2,2H3,(H,5,6)/b;;6-5+;;. The SMILES string of the molecule is C=C(/C=C/C)C(=C)CNCC(C)=O.C=C(C(C)C)C(C)CN.C=C(C)C(=O)O.C=C(C)CCCc1cccc(C(=O)O)c1.C=NC(O)C1CCC(C(=C)C)CC1. The summed E-state index contributed by atoms with van der Waals surface area (Å²) < 4.78 is 0. The Bertz CT molecular complexity index is 1450. The second-order valence-electron chi connectivity index (χ2n) is 14.8. The number of aliphatic hydroxyl groups is 1. The zero-order chi connectivity index (χ0) is 44.0. The van der Waals surface area contributed by atoms with Gasteiger partial charge in [0, 0.05) is 18.0 Å². The van der Waals surface area contributed by atoms with Gasteiger partial charge < -0.3 is 26.4 Å². The molecule has 9 heteroatoms. The third kappa shape index (κ3) is 29.9. The molecule has 0 radical (unpaired) electrons. The largest absolute Gasteiger partial charge is 0.478 e. The molecule has 1 fully saturated rings. The van der Waals surface area contributed by atoms with Gasteiger partial charge in [-0.1, -0.05) is 94.7 Å². The summed E-state index contributed by atoms with van der Waals surface area (Å²) in [5, 5.41) is 29.1. The van der Waals surface area contributed by atoms with Crippen LogP contribution in [0.25, 0.3) is 0 Å². The number of nitrogens with two attached hydrogens (primary N) is 1. The van der Waals surface area contributed by atoms with E-state index < -0.39 is 18.2 Å². The average molecular weight is 778 g/mol. The average Bonchev–Trinajstić information content (AvgIpc) is 3.14. The van der Waals surface area contributed by atoms with E-state index >= 15 is 0 Å². The molecule has 0 aromatic heterocycles. The van der Waals surface area contributed by atoms with Crippen LogP contribution >= 0.6 is 0 Å². The summed E-state index contributed by atoms with van der Waals surface area (Å²) in [6.07, 6.45) is 10.6. The predicted molar refractivity (Wildman–Crippen MR) is 238 cm³/mol. The molecule has 0 saturated heterocycles. The third-order valence-electron chi connectivity index (χ3n) is 8.95. The van der Waals surface area contributed by atoms with Gasteiger partial charge in [0.25, 0.3) is 0 Å². The number of aromatic carboxylic acids is 1. The highest BCUT2D eigenvalue weighted by atomic mass is 16.4. The van der Waals surface area contributed by atoms with Crippen LogP contribution in [0.15, 0.2) is 114 Å². The van der Waals surface area contributed by atoms with Crippen molar-refractivity contribution >= 4 is 24.4 Å². The number of aliphatic carboxylic acids is 1. The molecule has 2 atom stereocenters. The van der Waals surface area contributed by atoms with Gasteiger partial charge in [0.2, 0.25) is 0 Å². The number of carboxylic acids is 2. The summed E-state index contributed by atoms with van der Waals surface area (Å²) in [6, 6.07) is 7.11. The summed E-state index contributed by atoms with van der Waals surface area (Å²) in [6.45, 7) is 43.1. The van der Waals surface area contributed by atoms with Crippen molar-refractivity contribution < 1.29 is 29.7 Å². The van der Waals surface area contributed by atoms with Crippen LogP contribution in [0.4, 0.5) is 0 Å². The second kappa shape index (κ2) is 32.8. The fraction of sp³-hybridized carbons (Fsp3) is 0.489. The number of aryl methyl sites for hydroxylation is 1. The molecule has 0 heterocycles. The fourth-order valence-electron chi connectivity index (χ4n) is 5.06. The van der Waals surface area contributed by atoms with E-state index in [4.69, 9.17) is 15.9 Å². The van der Waals surface area contributed by atoms with E-state index in [2.05, 4.69) is 84.2 Å². The molecule has 0 aliphatic heterocycles. The van der Waals surface area contributed by atoms with Crippen LogP contribution in [0.2, 0.25) is 0 Å². The molecule has 0 spiro atoms. The maximum Gasteiger partial charge on any atom is 0.335 e. The number of nitrogens with one attached hydrogen (secondary N) is 1. The molecular formula is C47H75N3O6. The Morgan fingerprint density at radius 1 is 0.946 bits per heavy atom. The van der Waals surface area contributed by atoms with Crippen LogP contribution in [0, 0.1) is 23.7 Å². The Morgan fingerprint density at radius 2 is 1.50 bits per heavy atom. The normalized spacial score (nSPS) is 15.3. The van der Waals surface area contributed by atoms with Crippen molar-refractivity contribution in [2.75, 3.05) is 19.6 Å². The molecule has 314 valence electrons. The minimum Gasteiger partial charge on any atom is -0.478 e. The van der Waals surface area contributed by atoms with Gasteiger partial charge in [-0.05, 0) is 139 Å². The van der Waals surface area contributed by atoms with E-state index in [-0.39, 0.29) is 11.4 Å². The van der Waals surface area contributed by atoms with Crippen LogP contribution in [0.1, 0.15) is 110 Å². The van der Waals surface area contributed by atoms with Crippen molar-refractivity contribution in [2.24, 2.45) is 34.4 Å². The Kier molecular flexibility index (Phi) is 32.7. The Morgan fingerprint density at radius 3 is 1.88 bits per heavy atom. The van der Waals surface area contributed by atoms with Gasteiger partial charge in [-0.15, -0.1) is 6.58 Å². The topological polar surface area (TPSA) is 162 Å². The van der Waals surface area contributed by atoms with Crippen molar-refractivity contribution in [3.05, 3.63) is 120 Å². The minimum absolute atomic E-state index is 0.129. The Labute approximate surface area is 339 Å². The summed E-state index contributed by atoms with van der Waals surface area (Å²) in [7, 11) is 0. The number of nitrogens with zero attached hydrogens (tertiary/aromatic N) is 1. The van der Waals surface area contributed by atoms with E-state index in [1.54, 1.807) is 25.1 Å². The number of aliphatic imine (C=N–C) groups is 1. The second-order valence-corrected chi connectivity index (χ2v) is 14.8. The lowest BCUT2D eigenvalue weighted by Crippen LogP contribution is -2.24. The highest BCUT2D eigenvalue weighted by molar-refractivity contribution is 5.87. The lowest BCUT2D eigenvalue weighted by atomic mass is 9.78. The number of hydrogen-bond acceptors (Lipinski definition) is 7. The number of allylic oxidation sites excluding steroid dienone is 4. The van der Waals surface area contributed by atoms with Crippen LogP contribution in [0.3, 0.4) is 0 Å². The molecular weight excluding hydrogens is 703 g/mol. The highest BCUT2D eigenvalue weighted by Crippen LogP contribution is 2.34. The Balaban J connectivity index is -0.000000645. The summed E-state index contributed by atoms with van der Waals surface area (Å²) in [4.78, 5) is 34.6. The molecule has 6 N–H and O–H groups in total. The monoisotopic (exact) mass is 778 g/mol. The smallest absolute Gasteiger partial charge is 0.335 e. The molecule has 1 aromatic carbocycles. The van der Waals surface area contributed by atoms with Gasteiger partial charge in [-0.3, -0.25) is 9.79 Å². The number of Topliss-reactive ketones (excluding diaryl/α,β-unsaturated/α-hetero) is 1. The zero-order valence-electron chi connectivity index (χ0n) is 36.0. The van der Waals surface area contributed by atoms with Gasteiger partial charge in [0.15, 0.2) is 0 Å². The third-order valence-corrected chi connectivity index (χ3v) is 8.95. The molecule has 1 aliphatic rings. The maximum atomic E-state index is 10.7. The predicted octanol–water partition coefficient (Wildman–Crippen LogP) is 9.97. The lowest BCUT2D eigenvalue weighted by molar-refractivity contribution is -0.132. The lowest BCUT2D eigenvalue weighted by Gasteiger charge is -2.29. The van der Waals surface area contributed by atoms with Gasteiger partial charge >= 0.3 is 11.9 Å². The minimum atomic E-state index is -0.935. The number of aliphatic hydroxyl groups excluding tert-OH is 1. The first kappa shape index (κ1) is 55.9. The van der Waals surface area contributed by atoms with E-state index in [9.17, 15) is 19.5 Å². The van der Waals surface area contributed by atoms with Gasteiger partial charge in [0.05, 0.1) is 12.1 Å². The molecule has 0 bridgehead atoms. The van der Waals surface area contributed by atoms with Crippen LogP contribution in [-0.2, 0) is 16.0 Å². The van der Waals surface area contributed by atoms with Crippen LogP contribution < -0.4 is 11.1 Å². The fourth-order valence-corrected chi connectivity index (χ4v) is 5.06. The number of benzene rings is 1. The highest BCUT2D eigenvalue weighted by Gasteiger charge is 2.25. The first-order valence-electron chi connectivity index (χ1n) is 19.3. The Hall–Kier alpha value is -4.44. The summed E-state index contributed by atoms with van der Waals surface area (Å²) in [5.74, 6) is 0.367. The molecule has 1 saturated carbocycles. The first-order chi connectivity index (χ1) is 26.0. The van der Waals surface area contributed by atoms with Crippen molar-refractivity contribution in [2.45, 2.75) is 107 Å². The van der Waals surface area contributed by atoms with E-state index in [1.165, 1.54) is 23.6 Å². The molecule has 2 unspecified atom stereocenters. The molecule has 0 amide bonds. The van der Waals surface area contributed by atoms with E-state index in [0.29, 0.717) is 42.3 Å². The van der Waals surface area contributed by atoms with Crippen molar-refractivity contribution in [3.63, 3.8) is 0 Å².